The van der Waals surface area contributed by atoms with Crippen molar-refractivity contribution in [3.05, 3.63) is 59.8 Å². The average Bonchev–Trinajstić information content (AvgIpc) is 3.44. The molecular weight excluding hydrogens is 476 g/mol. The Hall–Kier alpha value is -2.10. The SMILES string of the molecule is O=S(=O)(NCCCCN1CCN(c2cccc3[nH]ccc23)CC1)c1sc2ccccc2c1Cl. The van der Waals surface area contributed by atoms with Gasteiger partial charge in [0.15, 0.2) is 4.21 Å². The lowest BCUT2D eigenvalue weighted by molar-refractivity contribution is 0.253. The zero-order chi connectivity index (χ0) is 22.8. The van der Waals surface area contributed by atoms with Gasteiger partial charge in [-0.25, -0.2) is 13.1 Å². The van der Waals surface area contributed by atoms with Gasteiger partial charge in [0.05, 0.1) is 5.02 Å². The van der Waals surface area contributed by atoms with Crippen LogP contribution in [-0.2, 0) is 10.0 Å². The summed E-state index contributed by atoms with van der Waals surface area (Å²) in [4.78, 5) is 8.20. The number of hydrogen-bond donors (Lipinski definition) is 2. The first-order valence-electron chi connectivity index (χ1n) is 11.2. The minimum absolute atomic E-state index is 0.207. The topological polar surface area (TPSA) is 68.4 Å². The highest BCUT2D eigenvalue weighted by Gasteiger charge is 2.23. The van der Waals surface area contributed by atoms with Crippen LogP contribution >= 0.6 is 22.9 Å². The van der Waals surface area contributed by atoms with Gasteiger partial charge in [0, 0.05) is 65.6 Å². The number of sulfonamides is 1. The number of benzene rings is 2. The number of hydrogen-bond acceptors (Lipinski definition) is 5. The molecule has 0 unspecified atom stereocenters. The molecule has 174 valence electrons. The van der Waals surface area contributed by atoms with Crippen LogP contribution in [0.2, 0.25) is 5.02 Å². The van der Waals surface area contributed by atoms with Crippen LogP contribution in [0.4, 0.5) is 5.69 Å². The Bertz CT molecular complexity index is 1360. The molecule has 0 aliphatic carbocycles. The number of nitrogens with one attached hydrogen (secondary N) is 2. The van der Waals surface area contributed by atoms with Crippen LogP contribution in [0.1, 0.15) is 12.8 Å². The fourth-order valence-electron chi connectivity index (χ4n) is 4.45. The summed E-state index contributed by atoms with van der Waals surface area (Å²) in [5, 5.41) is 2.38. The van der Waals surface area contributed by atoms with Crippen LogP contribution in [-0.4, -0.2) is 57.6 Å². The van der Waals surface area contributed by atoms with Crippen LogP contribution in [0.15, 0.2) is 58.9 Å². The second kappa shape index (κ2) is 9.64. The maximum absolute atomic E-state index is 12.7. The van der Waals surface area contributed by atoms with Gasteiger partial charge in [0.2, 0.25) is 0 Å². The Morgan fingerprint density at radius 2 is 1.79 bits per heavy atom. The fourth-order valence-corrected chi connectivity index (χ4v) is 7.70. The summed E-state index contributed by atoms with van der Waals surface area (Å²) in [7, 11) is -3.60. The second-order valence-corrected chi connectivity index (χ2v) is 11.7. The molecule has 33 heavy (non-hydrogen) atoms. The molecule has 4 aromatic rings. The van der Waals surface area contributed by atoms with Crippen molar-refractivity contribution in [1.29, 1.82) is 0 Å². The molecule has 5 rings (SSSR count). The van der Waals surface area contributed by atoms with E-state index in [2.05, 4.69) is 43.8 Å². The minimum atomic E-state index is -3.60. The summed E-state index contributed by atoms with van der Waals surface area (Å²) in [5.41, 5.74) is 2.47. The van der Waals surface area contributed by atoms with E-state index >= 15 is 0 Å². The van der Waals surface area contributed by atoms with Gasteiger partial charge >= 0.3 is 0 Å². The van der Waals surface area contributed by atoms with Crippen molar-refractivity contribution >= 4 is 59.6 Å². The summed E-state index contributed by atoms with van der Waals surface area (Å²) in [6.45, 7) is 5.44. The van der Waals surface area contributed by atoms with Gasteiger partial charge in [-0.1, -0.05) is 35.9 Å². The Morgan fingerprint density at radius 1 is 0.970 bits per heavy atom. The third-order valence-corrected chi connectivity index (χ3v) is 9.99. The van der Waals surface area contributed by atoms with Crippen LogP contribution in [0.25, 0.3) is 21.0 Å². The van der Waals surface area contributed by atoms with Crippen molar-refractivity contribution in [3.8, 4) is 0 Å². The number of unbranched alkanes of at least 4 members (excludes halogenated alkanes) is 1. The Kier molecular flexibility index (Phi) is 6.62. The van der Waals surface area contributed by atoms with E-state index in [0.717, 1.165) is 55.7 Å². The normalized spacial score (nSPS) is 15.6. The van der Waals surface area contributed by atoms with Crippen molar-refractivity contribution < 1.29 is 8.42 Å². The molecule has 6 nitrogen and oxygen atoms in total. The van der Waals surface area contributed by atoms with Gasteiger partial charge in [-0.3, -0.25) is 4.90 Å². The monoisotopic (exact) mass is 502 g/mol. The van der Waals surface area contributed by atoms with Gasteiger partial charge in [0.1, 0.15) is 0 Å². The van der Waals surface area contributed by atoms with E-state index in [9.17, 15) is 8.42 Å². The van der Waals surface area contributed by atoms with Crippen LogP contribution < -0.4 is 9.62 Å². The highest BCUT2D eigenvalue weighted by atomic mass is 35.5. The number of nitrogens with zero attached hydrogens (tertiary/aromatic N) is 2. The lowest BCUT2D eigenvalue weighted by Gasteiger charge is -2.36. The first-order chi connectivity index (χ1) is 16.0. The van der Waals surface area contributed by atoms with E-state index < -0.39 is 10.0 Å². The zero-order valence-electron chi connectivity index (χ0n) is 18.3. The highest BCUT2D eigenvalue weighted by molar-refractivity contribution is 7.92. The molecule has 0 amide bonds. The Morgan fingerprint density at radius 3 is 2.61 bits per heavy atom. The first-order valence-corrected chi connectivity index (χ1v) is 13.9. The molecule has 1 saturated heterocycles. The summed E-state index contributed by atoms with van der Waals surface area (Å²) in [6.07, 6.45) is 3.74. The lowest BCUT2D eigenvalue weighted by atomic mass is 10.1. The molecule has 3 heterocycles. The predicted molar refractivity (Wildman–Crippen MR) is 138 cm³/mol. The number of aromatic amines is 1. The number of aromatic nitrogens is 1. The number of rotatable bonds is 8. The molecule has 0 saturated carbocycles. The highest BCUT2D eigenvalue weighted by Crippen LogP contribution is 2.38. The van der Waals surface area contributed by atoms with Crippen molar-refractivity contribution in [2.24, 2.45) is 0 Å². The average molecular weight is 503 g/mol. The third-order valence-electron chi connectivity index (χ3n) is 6.23. The second-order valence-electron chi connectivity index (χ2n) is 8.35. The smallest absolute Gasteiger partial charge is 0.251 e. The maximum Gasteiger partial charge on any atom is 0.251 e. The number of thiophene rings is 1. The molecule has 2 N–H and O–H groups in total. The molecule has 1 aliphatic rings. The van der Waals surface area contributed by atoms with E-state index in [4.69, 9.17) is 11.6 Å². The van der Waals surface area contributed by atoms with E-state index in [-0.39, 0.29) is 4.21 Å². The molecule has 2 aromatic heterocycles. The largest absolute Gasteiger partial charge is 0.368 e. The number of halogens is 1. The Balaban J connectivity index is 1.08. The van der Waals surface area contributed by atoms with E-state index in [1.54, 1.807) is 0 Å². The zero-order valence-corrected chi connectivity index (χ0v) is 20.6. The quantitative estimate of drug-likeness (QED) is 0.336. The molecular formula is C24H27ClN4O2S2. The first kappa shape index (κ1) is 22.7. The van der Waals surface area contributed by atoms with Crippen molar-refractivity contribution in [2.75, 3.05) is 44.2 Å². The molecule has 0 radical (unpaired) electrons. The molecule has 0 spiro atoms. The van der Waals surface area contributed by atoms with Crippen LogP contribution in [0, 0.1) is 0 Å². The molecule has 0 bridgehead atoms. The maximum atomic E-state index is 12.7. The minimum Gasteiger partial charge on any atom is -0.368 e. The predicted octanol–water partition coefficient (Wildman–Crippen LogP) is 4.92. The molecule has 1 aliphatic heterocycles. The molecule has 0 atom stereocenters. The third kappa shape index (κ3) is 4.76. The summed E-state index contributed by atoms with van der Waals surface area (Å²) >= 11 is 7.56. The molecule has 2 aromatic carbocycles. The molecule has 9 heteroatoms. The van der Waals surface area contributed by atoms with E-state index in [0.29, 0.717) is 11.6 Å². The lowest BCUT2D eigenvalue weighted by Crippen LogP contribution is -2.46. The van der Waals surface area contributed by atoms with Crippen molar-refractivity contribution in [1.82, 2.24) is 14.6 Å². The standard InChI is InChI=1S/C24H27ClN4O2S2/c25-23-19-6-1-2-9-22(19)32-24(23)33(30,31)27-11-3-4-13-28-14-16-29(17-15-28)21-8-5-7-20-18(21)10-12-26-20/h1-2,5-10,12,26-27H,3-4,11,13-17H2. The van der Waals surface area contributed by atoms with Crippen molar-refractivity contribution in [2.45, 2.75) is 17.1 Å². The van der Waals surface area contributed by atoms with Crippen molar-refractivity contribution in [3.63, 3.8) is 0 Å². The van der Waals surface area contributed by atoms with E-state index in [1.165, 1.54) is 27.9 Å². The van der Waals surface area contributed by atoms with Gasteiger partial charge in [0.25, 0.3) is 10.0 Å². The molecule has 1 fully saturated rings. The van der Waals surface area contributed by atoms with Crippen LogP contribution in [0.5, 0.6) is 0 Å². The fraction of sp³-hybridized carbons (Fsp3) is 0.333. The van der Waals surface area contributed by atoms with Gasteiger partial charge in [-0.2, -0.15) is 0 Å². The van der Waals surface area contributed by atoms with E-state index in [1.807, 2.05) is 30.5 Å². The summed E-state index contributed by atoms with van der Waals surface area (Å²) in [5.74, 6) is 0. The van der Waals surface area contributed by atoms with Gasteiger partial charge < -0.3 is 9.88 Å². The van der Waals surface area contributed by atoms with Gasteiger partial charge in [-0.05, 0) is 43.7 Å². The number of H-pyrrole nitrogens is 1. The number of piperazine rings is 1. The number of anilines is 1. The van der Waals surface area contributed by atoms with Crippen LogP contribution in [0.3, 0.4) is 0 Å². The number of fused-ring (bicyclic) bond motifs is 2. The summed E-state index contributed by atoms with van der Waals surface area (Å²) < 4.78 is 29.3. The Labute approximate surface area is 203 Å². The van der Waals surface area contributed by atoms with Gasteiger partial charge in [-0.15, -0.1) is 11.3 Å². The summed E-state index contributed by atoms with van der Waals surface area (Å²) in [6, 6.07) is 16.1.